The Balaban J connectivity index is 1.50. The maximum Gasteiger partial charge on any atom is 0.196 e. The van der Waals surface area contributed by atoms with Crippen molar-refractivity contribution in [3.63, 3.8) is 0 Å². The fourth-order valence-electron chi connectivity index (χ4n) is 4.36. The third kappa shape index (κ3) is 4.48. The molecule has 0 aliphatic heterocycles. The quantitative estimate of drug-likeness (QED) is 0.345. The van der Waals surface area contributed by atoms with E-state index in [1.807, 2.05) is 12.3 Å². The van der Waals surface area contributed by atoms with E-state index in [1.165, 1.54) is 16.7 Å². The van der Waals surface area contributed by atoms with Gasteiger partial charge in [-0.1, -0.05) is 46.2 Å². The standard InChI is InChI=1S/C27H32N8/c1-6-7-8-23-29-24-18(2)13-14-28-26(24)35(23)16-19-9-11-21(12-10-19)34-17-20(27(3,4)5)15-22(34)25-30-32-33-31-25/h9-15,17H,6-8,16H2,1-5H3,(H,30,31,32,33). The summed E-state index contributed by atoms with van der Waals surface area (Å²) in [6, 6.07) is 12.8. The Morgan fingerprint density at radius 2 is 1.86 bits per heavy atom. The molecular weight excluding hydrogens is 436 g/mol. The predicted molar refractivity (Wildman–Crippen MR) is 138 cm³/mol. The van der Waals surface area contributed by atoms with E-state index in [1.54, 1.807) is 0 Å². The molecule has 5 rings (SSSR count). The lowest BCUT2D eigenvalue weighted by Crippen LogP contribution is -2.09. The summed E-state index contributed by atoms with van der Waals surface area (Å²) >= 11 is 0. The Morgan fingerprint density at radius 1 is 1.06 bits per heavy atom. The summed E-state index contributed by atoms with van der Waals surface area (Å²) < 4.78 is 4.42. The SMILES string of the molecule is CCCCc1nc2c(C)ccnc2n1Cc1ccc(-n2cc(C(C)(C)C)cc2-c2nnn[nH]2)cc1. The fourth-order valence-corrected chi connectivity index (χ4v) is 4.36. The Morgan fingerprint density at radius 3 is 2.54 bits per heavy atom. The van der Waals surface area contributed by atoms with Crippen LogP contribution in [0.3, 0.4) is 0 Å². The number of rotatable bonds is 7. The minimum atomic E-state index is 0.00981. The average Bonchev–Trinajstić information content (AvgIpc) is 3.57. The van der Waals surface area contributed by atoms with Gasteiger partial charge in [-0.25, -0.2) is 15.1 Å². The molecule has 0 amide bonds. The molecule has 0 saturated carbocycles. The number of H-pyrrole nitrogens is 1. The molecule has 4 aromatic heterocycles. The highest BCUT2D eigenvalue weighted by atomic mass is 15.5. The van der Waals surface area contributed by atoms with Gasteiger partial charge < -0.3 is 9.13 Å². The van der Waals surface area contributed by atoms with Gasteiger partial charge in [0.2, 0.25) is 0 Å². The number of benzene rings is 1. The molecule has 0 atom stereocenters. The molecule has 1 aromatic carbocycles. The van der Waals surface area contributed by atoms with Gasteiger partial charge in [-0.2, -0.15) is 0 Å². The number of hydrogen-bond acceptors (Lipinski definition) is 5. The summed E-state index contributed by atoms with van der Waals surface area (Å²) in [7, 11) is 0. The minimum absolute atomic E-state index is 0.00981. The smallest absolute Gasteiger partial charge is 0.196 e. The van der Waals surface area contributed by atoms with Crippen molar-refractivity contribution in [3.8, 4) is 17.2 Å². The molecule has 0 unspecified atom stereocenters. The Kier molecular flexibility index (Phi) is 5.96. The number of aromatic amines is 1. The predicted octanol–water partition coefficient (Wildman–Crippen LogP) is 5.40. The largest absolute Gasteiger partial charge is 0.313 e. The van der Waals surface area contributed by atoms with E-state index in [0.717, 1.165) is 54.2 Å². The van der Waals surface area contributed by atoms with Gasteiger partial charge in [-0.15, -0.1) is 5.10 Å². The highest BCUT2D eigenvalue weighted by Gasteiger charge is 2.21. The zero-order chi connectivity index (χ0) is 24.6. The van der Waals surface area contributed by atoms with Crippen molar-refractivity contribution >= 4 is 11.2 Å². The summed E-state index contributed by atoms with van der Waals surface area (Å²) in [6.45, 7) is 11.7. The second-order valence-electron chi connectivity index (χ2n) is 10.2. The van der Waals surface area contributed by atoms with Gasteiger partial charge in [0.15, 0.2) is 11.5 Å². The first-order chi connectivity index (χ1) is 16.8. The molecule has 0 aliphatic carbocycles. The first-order valence-electron chi connectivity index (χ1n) is 12.2. The van der Waals surface area contributed by atoms with Crippen molar-refractivity contribution in [2.45, 2.75) is 65.8 Å². The number of imidazole rings is 1. The van der Waals surface area contributed by atoms with Crippen LogP contribution in [0.4, 0.5) is 0 Å². The van der Waals surface area contributed by atoms with Crippen molar-refractivity contribution in [3.05, 3.63) is 71.3 Å². The van der Waals surface area contributed by atoms with E-state index in [4.69, 9.17) is 4.98 Å². The minimum Gasteiger partial charge on any atom is -0.313 e. The first kappa shape index (κ1) is 23.0. The molecule has 0 bridgehead atoms. The molecule has 4 heterocycles. The summed E-state index contributed by atoms with van der Waals surface area (Å²) in [5, 5.41) is 14.6. The lowest BCUT2D eigenvalue weighted by Gasteiger charge is -2.16. The van der Waals surface area contributed by atoms with Crippen molar-refractivity contribution in [1.82, 2.24) is 39.7 Å². The van der Waals surface area contributed by atoms with E-state index in [-0.39, 0.29) is 5.41 Å². The molecule has 0 aliphatic rings. The Labute approximate surface area is 205 Å². The van der Waals surface area contributed by atoms with E-state index >= 15 is 0 Å². The van der Waals surface area contributed by atoms with Gasteiger partial charge in [0.1, 0.15) is 11.3 Å². The number of nitrogens with one attached hydrogen (secondary N) is 1. The summed E-state index contributed by atoms with van der Waals surface area (Å²) in [5.74, 6) is 1.75. The van der Waals surface area contributed by atoms with Crippen LogP contribution in [0.5, 0.6) is 0 Å². The highest BCUT2D eigenvalue weighted by Crippen LogP contribution is 2.30. The van der Waals surface area contributed by atoms with Crippen LogP contribution in [0.1, 0.15) is 63.1 Å². The third-order valence-electron chi connectivity index (χ3n) is 6.50. The maximum absolute atomic E-state index is 4.95. The number of nitrogens with zero attached hydrogens (tertiary/aromatic N) is 7. The molecule has 0 saturated heterocycles. The van der Waals surface area contributed by atoms with Crippen LogP contribution in [0, 0.1) is 6.92 Å². The van der Waals surface area contributed by atoms with Crippen LogP contribution in [-0.2, 0) is 18.4 Å². The van der Waals surface area contributed by atoms with Gasteiger partial charge in [0, 0.05) is 24.5 Å². The zero-order valence-corrected chi connectivity index (χ0v) is 21.1. The van der Waals surface area contributed by atoms with E-state index in [0.29, 0.717) is 5.82 Å². The summed E-state index contributed by atoms with van der Waals surface area (Å²) in [5.41, 5.74) is 7.57. The monoisotopic (exact) mass is 468 g/mol. The first-order valence-corrected chi connectivity index (χ1v) is 12.2. The van der Waals surface area contributed by atoms with Gasteiger partial charge in [0.05, 0.1) is 12.2 Å². The van der Waals surface area contributed by atoms with Crippen molar-refractivity contribution in [2.24, 2.45) is 0 Å². The lowest BCUT2D eigenvalue weighted by molar-refractivity contribution is 0.590. The normalized spacial score (nSPS) is 12.0. The molecular formula is C27H32N8. The number of fused-ring (bicyclic) bond motifs is 1. The number of aromatic nitrogens is 8. The topological polar surface area (TPSA) is 90.1 Å². The Hall–Kier alpha value is -3.81. The molecule has 180 valence electrons. The highest BCUT2D eigenvalue weighted by molar-refractivity contribution is 5.75. The summed E-state index contributed by atoms with van der Waals surface area (Å²) in [6.07, 6.45) is 7.26. The third-order valence-corrected chi connectivity index (χ3v) is 6.50. The summed E-state index contributed by atoms with van der Waals surface area (Å²) in [4.78, 5) is 9.62. The second kappa shape index (κ2) is 9.09. The van der Waals surface area contributed by atoms with Crippen LogP contribution in [0.2, 0.25) is 0 Å². The molecule has 35 heavy (non-hydrogen) atoms. The number of tetrazole rings is 1. The molecule has 5 aromatic rings. The van der Waals surface area contributed by atoms with E-state index < -0.39 is 0 Å². The van der Waals surface area contributed by atoms with E-state index in [2.05, 4.69) is 106 Å². The average molecular weight is 469 g/mol. The van der Waals surface area contributed by atoms with Crippen LogP contribution >= 0.6 is 0 Å². The van der Waals surface area contributed by atoms with Crippen molar-refractivity contribution < 1.29 is 0 Å². The van der Waals surface area contributed by atoms with Crippen molar-refractivity contribution in [2.75, 3.05) is 0 Å². The maximum atomic E-state index is 4.95. The van der Waals surface area contributed by atoms with Gasteiger partial charge in [-0.3, -0.25) is 0 Å². The van der Waals surface area contributed by atoms with Crippen LogP contribution in [-0.4, -0.2) is 39.7 Å². The van der Waals surface area contributed by atoms with Crippen LogP contribution in [0.15, 0.2) is 48.8 Å². The molecule has 1 N–H and O–H groups in total. The second-order valence-corrected chi connectivity index (χ2v) is 10.2. The van der Waals surface area contributed by atoms with Crippen LogP contribution < -0.4 is 0 Å². The number of aryl methyl sites for hydroxylation is 2. The molecule has 8 heteroatoms. The van der Waals surface area contributed by atoms with Crippen LogP contribution in [0.25, 0.3) is 28.4 Å². The number of pyridine rings is 1. The molecule has 0 fully saturated rings. The van der Waals surface area contributed by atoms with Gasteiger partial charge in [0.25, 0.3) is 0 Å². The van der Waals surface area contributed by atoms with Gasteiger partial charge in [-0.05, 0) is 70.1 Å². The number of unbranched alkanes of at least 4 members (excludes halogenated alkanes) is 1. The fraction of sp³-hybridized carbons (Fsp3) is 0.370. The van der Waals surface area contributed by atoms with Gasteiger partial charge >= 0.3 is 0 Å². The van der Waals surface area contributed by atoms with Crippen molar-refractivity contribution in [1.29, 1.82) is 0 Å². The zero-order valence-electron chi connectivity index (χ0n) is 21.1. The molecule has 8 nitrogen and oxygen atoms in total. The Bertz CT molecular complexity index is 1430. The molecule has 0 spiro atoms. The number of hydrogen-bond donors (Lipinski definition) is 1. The molecule has 0 radical (unpaired) electrons. The van der Waals surface area contributed by atoms with E-state index in [9.17, 15) is 0 Å². The lowest BCUT2D eigenvalue weighted by atomic mass is 9.89.